The Bertz CT molecular complexity index is 340. The first-order chi connectivity index (χ1) is 7.17. The number of aliphatic hydroxyl groups is 1. The summed E-state index contributed by atoms with van der Waals surface area (Å²) in [4.78, 5) is 0. The van der Waals surface area contributed by atoms with E-state index in [9.17, 15) is 0 Å². The SMILES string of the molecule is C/C=C\c1cc(CO)ccc1OC(C)C. The van der Waals surface area contributed by atoms with Gasteiger partial charge in [-0.2, -0.15) is 0 Å². The Balaban J connectivity index is 3.03. The smallest absolute Gasteiger partial charge is 0.126 e. The van der Waals surface area contributed by atoms with Crippen LogP contribution in [0.1, 0.15) is 31.9 Å². The molecule has 0 bridgehead atoms. The fourth-order valence-corrected chi connectivity index (χ4v) is 1.37. The van der Waals surface area contributed by atoms with Crippen LogP contribution in [0.3, 0.4) is 0 Å². The van der Waals surface area contributed by atoms with Crippen molar-refractivity contribution in [2.75, 3.05) is 0 Å². The number of hydrogen-bond acceptors (Lipinski definition) is 2. The zero-order chi connectivity index (χ0) is 11.3. The predicted octanol–water partition coefficient (Wildman–Crippen LogP) is 3.00. The van der Waals surface area contributed by atoms with Gasteiger partial charge in [-0.25, -0.2) is 0 Å². The Morgan fingerprint density at radius 2 is 2.13 bits per heavy atom. The van der Waals surface area contributed by atoms with Crippen LogP contribution in [0.25, 0.3) is 6.08 Å². The maximum atomic E-state index is 9.04. The maximum Gasteiger partial charge on any atom is 0.126 e. The van der Waals surface area contributed by atoms with Crippen molar-refractivity contribution in [2.24, 2.45) is 0 Å². The molecule has 0 atom stereocenters. The summed E-state index contributed by atoms with van der Waals surface area (Å²) in [5.41, 5.74) is 1.91. The van der Waals surface area contributed by atoms with E-state index in [2.05, 4.69) is 0 Å². The van der Waals surface area contributed by atoms with Crippen molar-refractivity contribution >= 4 is 6.08 Å². The second kappa shape index (κ2) is 5.56. The monoisotopic (exact) mass is 206 g/mol. The second-order valence-electron chi connectivity index (χ2n) is 3.70. The molecule has 0 heterocycles. The van der Waals surface area contributed by atoms with Gasteiger partial charge >= 0.3 is 0 Å². The number of benzene rings is 1. The maximum absolute atomic E-state index is 9.04. The van der Waals surface area contributed by atoms with Gasteiger partial charge in [0, 0.05) is 5.56 Å². The number of allylic oxidation sites excluding steroid dienone is 1. The molecule has 0 unspecified atom stereocenters. The summed E-state index contributed by atoms with van der Waals surface area (Å²) >= 11 is 0. The molecular weight excluding hydrogens is 188 g/mol. The van der Waals surface area contributed by atoms with Gasteiger partial charge in [0.05, 0.1) is 12.7 Å². The lowest BCUT2D eigenvalue weighted by Crippen LogP contribution is -2.06. The van der Waals surface area contributed by atoms with Gasteiger partial charge in [-0.1, -0.05) is 18.2 Å². The predicted molar refractivity (Wildman–Crippen MR) is 62.8 cm³/mol. The van der Waals surface area contributed by atoms with E-state index in [0.29, 0.717) is 0 Å². The van der Waals surface area contributed by atoms with E-state index in [1.807, 2.05) is 51.1 Å². The van der Waals surface area contributed by atoms with E-state index in [4.69, 9.17) is 9.84 Å². The van der Waals surface area contributed by atoms with E-state index in [1.54, 1.807) is 0 Å². The minimum absolute atomic E-state index is 0.0620. The van der Waals surface area contributed by atoms with Crippen molar-refractivity contribution in [3.05, 3.63) is 35.4 Å². The Morgan fingerprint density at radius 3 is 2.67 bits per heavy atom. The van der Waals surface area contributed by atoms with Crippen molar-refractivity contribution in [3.63, 3.8) is 0 Å². The molecule has 0 fully saturated rings. The summed E-state index contributed by atoms with van der Waals surface area (Å²) in [7, 11) is 0. The summed E-state index contributed by atoms with van der Waals surface area (Å²) in [6.07, 6.45) is 4.11. The molecule has 0 amide bonds. The highest BCUT2D eigenvalue weighted by molar-refractivity contribution is 5.58. The third kappa shape index (κ3) is 3.40. The van der Waals surface area contributed by atoms with Crippen LogP contribution in [0.15, 0.2) is 24.3 Å². The van der Waals surface area contributed by atoms with Crippen LogP contribution in [-0.2, 0) is 6.61 Å². The molecule has 2 nitrogen and oxygen atoms in total. The van der Waals surface area contributed by atoms with Crippen LogP contribution < -0.4 is 4.74 Å². The van der Waals surface area contributed by atoms with Crippen LogP contribution in [0.2, 0.25) is 0 Å². The molecule has 0 saturated heterocycles. The van der Waals surface area contributed by atoms with Crippen LogP contribution in [0.5, 0.6) is 5.75 Å². The van der Waals surface area contributed by atoms with Gasteiger partial charge in [0.25, 0.3) is 0 Å². The van der Waals surface area contributed by atoms with E-state index < -0.39 is 0 Å². The summed E-state index contributed by atoms with van der Waals surface area (Å²) in [5.74, 6) is 0.861. The molecule has 0 radical (unpaired) electrons. The average Bonchev–Trinajstić information content (AvgIpc) is 2.20. The van der Waals surface area contributed by atoms with Gasteiger partial charge in [0.2, 0.25) is 0 Å². The molecule has 0 saturated carbocycles. The third-order valence-electron chi connectivity index (χ3n) is 1.97. The van der Waals surface area contributed by atoms with E-state index >= 15 is 0 Å². The van der Waals surface area contributed by atoms with Crippen molar-refractivity contribution < 1.29 is 9.84 Å². The molecule has 1 aromatic carbocycles. The quantitative estimate of drug-likeness (QED) is 0.820. The lowest BCUT2D eigenvalue weighted by molar-refractivity contribution is 0.241. The number of ether oxygens (including phenoxy) is 1. The zero-order valence-electron chi connectivity index (χ0n) is 9.53. The summed E-state index contributed by atoms with van der Waals surface area (Å²) in [5, 5.41) is 9.04. The molecule has 15 heavy (non-hydrogen) atoms. The molecule has 1 N–H and O–H groups in total. The van der Waals surface area contributed by atoms with Crippen molar-refractivity contribution in [3.8, 4) is 5.75 Å². The minimum Gasteiger partial charge on any atom is -0.490 e. The molecule has 0 aliphatic heterocycles. The Labute approximate surface area is 91.2 Å². The van der Waals surface area contributed by atoms with E-state index in [1.165, 1.54) is 0 Å². The van der Waals surface area contributed by atoms with E-state index in [0.717, 1.165) is 16.9 Å². The molecule has 0 aliphatic rings. The fraction of sp³-hybridized carbons (Fsp3) is 0.385. The second-order valence-corrected chi connectivity index (χ2v) is 3.70. The normalized spacial score (nSPS) is 11.3. The number of aliphatic hydroxyl groups excluding tert-OH is 1. The molecule has 82 valence electrons. The Morgan fingerprint density at radius 1 is 1.40 bits per heavy atom. The molecule has 2 heteroatoms. The number of rotatable bonds is 4. The standard InChI is InChI=1S/C13H18O2/c1-4-5-12-8-11(9-14)6-7-13(12)15-10(2)3/h4-8,10,14H,9H2,1-3H3/b5-4-. The minimum atomic E-state index is 0.0620. The van der Waals surface area contributed by atoms with Gasteiger partial charge < -0.3 is 9.84 Å². The molecule has 1 rings (SSSR count). The van der Waals surface area contributed by atoms with Gasteiger partial charge in [-0.05, 0) is 38.5 Å². The van der Waals surface area contributed by atoms with Crippen LogP contribution in [0, 0.1) is 0 Å². The lowest BCUT2D eigenvalue weighted by Gasteiger charge is -2.13. The largest absolute Gasteiger partial charge is 0.490 e. The van der Waals surface area contributed by atoms with Crippen molar-refractivity contribution in [1.82, 2.24) is 0 Å². The number of hydrogen-bond donors (Lipinski definition) is 1. The van der Waals surface area contributed by atoms with Crippen LogP contribution in [-0.4, -0.2) is 11.2 Å². The van der Waals surface area contributed by atoms with Crippen LogP contribution in [0.4, 0.5) is 0 Å². The summed E-state index contributed by atoms with van der Waals surface area (Å²) < 4.78 is 5.66. The van der Waals surface area contributed by atoms with Crippen molar-refractivity contribution in [2.45, 2.75) is 33.5 Å². The van der Waals surface area contributed by atoms with Gasteiger partial charge in [-0.3, -0.25) is 0 Å². The first-order valence-corrected chi connectivity index (χ1v) is 5.20. The zero-order valence-corrected chi connectivity index (χ0v) is 9.53. The molecule has 0 aromatic heterocycles. The van der Waals surface area contributed by atoms with Crippen LogP contribution >= 0.6 is 0 Å². The van der Waals surface area contributed by atoms with Gasteiger partial charge in [0.1, 0.15) is 5.75 Å². The Hall–Kier alpha value is -1.28. The third-order valence-corrected chi connectivity index (χ3v) is 1.97. The summed E-state index contributed by atoms with van der Waals surface area (Å²) in [6, 6.07) is 5.73. The highest BCUT2D eigenvalue weighted by Gasteiger charge is 2.04. The summed E-state index contributed by atoms with van der Waals surface area (Å²) in [6.45, 7) is 6.02. The van der Waals surface area contributed by atoms with Gasteiger partial charge in [-0.15, -0.1) is 0 Å². The van der Waals surface area contributed by atoms with E-state index in [-0.39, 0.29) is 12.7 Å². The molecule has 0 spiro atoms. The average molecular weight is 206 g/mol. The first kappa shape index (κ1) is 11.8. The highest BCUT2D eigenvalue weighted by Crippen LogP contribution is 2.23. The topological polar surface area (TPSA) is 29.5 Å². The Kier molecular flexibility index (Phi) is 4.37. The first-order valence-electron chi connectivity index (χ1n) is 5.20. The van der Waals surface area contributed by atoms with Gasteiger partial charge in [0.15, 0.2) is 0 Å². The lowest BCUT2D eigenvalue weighted by atomic mass is 10.1. The highest BCUT2D eigenvalue weighted by atomic mass is 16.5. The fourth-order valence-electron chi connectivity index (χ4n) is 1.37. The van der Waals surface area contributed by atoms with Crippen molar-refractivity contribution in [1.29, 1.82) is 0 Å². The molecular formula is C13H18O2. The molecule has 0 aliphatic carbocycles. The molecule has 1 aromatic rings.